The molecule has 0 atom stereocenters. The Bertz CT molecular complexity index is 1750. The summed E-state index contributed by atoms with van der Waals surface area (Å²) in [5, 5.41) is 3.81. The normalized spacial score (nSPS) is 18.5. The first-order valence-electron chi connectivity index (χ1n) is 13.8. The van der Waals surface area contributed by atoms with E-state index in [0.717, 1.165) is 42.1 Å². The van der Waals surface area contributed by atoms with Gasteiger partial charge in [-0.2, -0.15) is 0 Å². The van der Waals surface area contributed by atoms with Crippen LogP contribution in [0.3, 0.4) is 0 Å². The number of carbonyl (C=O) groups is 1. The van der Waals surface area contributed by atoms with Gasteiger partial charge >= 0.3 is 0 Å². The van der Waals surface area contributed by atoms with Crippen LogP contribution in [0.5, 0.6) is 0 Å². The lowest BCUT2D eigenvalue weighted by Gasteiger charge is -2.30. The summed E-state index contributed by atoms with van der Waals surface area (Å²) in [4.78, 5) is 25.2. The van der Waals surface area contributed by atoms with Crippen LogP contribution in [0.4, 0.5) is 0 Å². The van der Waals surface area contributed by atoms with Gasteiger partial charge in [-0.05, 0) is 66.3 Å². The second kappa shape index (κ2) is 10.1. The van der Waals surface area contributed by atoms with Crippen LogP contribution in [0.1, 0.15) is 45.6 Å². The Kier molecular flexibility index (Phi) is 6.37. The number of carbonyl (C=O) groups excluding carboxylic acids is 1. The summed E-state index contributed by atoms with van der Waals surface area (Å²) in [7, 11) is -3.49. The minimum atomic E-state index is -3.49. The molecule has 0 saturated heterocycles. The minimum absolute atomic E-state index is 0.0916. The topological polar surface area (TPSA) is 101 Å². The summed E-state index contributed by atoms with van der Waals surface area (Å²) in [5.41, 5.74) is 7.28. The molecule has 204 valence electrons. The Morgan fingerprint density at radius 3 is 2.85 bits per heavy atom. The van der Waals surface area contributed by atoms with Crippen molar-refractivity contribution >= 4 is 26.6 Å². The van der Waals surface area contributed by atoms with E-state index in [2.05, 4.69) is 39.5 Å². The smallest absolute Gasteiger partial charge is 0.251 e. The van der Waals surface area contributed by atoms with E-state index in [0.29, 0.717) is 16.8 Å². The molecule has 1 aliphatic carbocycles. The van der Waals surface area contributed by atoms with Gasteiger partial charge in [0.1, 0.15) is 0 Å². The standard InChI is InChI=1S/C31H30N4O4S/c36-31(21-4-5-23-19-39-12-13-40(37,38)30(23)14-21)33-17-24-15-29-22(16-32-24)6-9-28(34-29)26-3-1-2-20-10-11-35(18-27(20)26)25-7-8-25/h1-6,9,14-16,25H,7-8,10-13,17-19H2,(H,33,36). The summed E-state index contributed by atoms with van der Waals surface area (Å²) < 4.78 is 30.6. The van der Waals surface area contributed by atoms with Gasteiger partial charge in [-0.3, -0.25) is 14.7 Å². The summed E-state index contributed by atoms with van der Waals surface area (Å²) in [6, 6.07) is 18.0. The molecule has 40 heavy (non-hydrogen) atoms. The van der Waals surface area contributed by atoms with Crippen molar-refractivity contribution < 1.29 is 17.9 Å². The number of fused-ring (bicyclic) bond motifs is 3. The van der Waals surface area contributed by atoms with E-state index in [1.54, 1.807) is 18.3 Å². The first kappa shape index (κ1) is 25.3. The Balaban J connectivity index is 1.12. The maximum atomic E-state index is 12.9. The van der Waals surface area contributed by atoms with Crippen LogP contribution in [0.25, 0.3) is 22.2 Å². The molecule has 2 aromatic carbocycles. The highest BCUT2D eigenvalue weighted by atomic mass is 32.2. The number of nitrogens with zero attached hydrogens (tertiary/aromatic N) is 3. The van der Waals surface area contributed by atoms with Crippen molar-refractivity contribution in [2.45, 2.75) is 49.9 Å². The second-order valence-corrected chi connectivity index (χ2v) is 12.9. The van der Waals surface area contributed by atoms with Crippen LogP contribution >= 0.6 is 0 Å². The molecular formula is C31H30N4O4S. The summed E-state index contributed by atoms with van der Waals surface area (Å²) in [5.74, 6) is -0.450. The fourth-order valence-electron chi connectivity index (χ4n) is 5.74. The minimum Gasteiger partial charge on any atom is -0.376 e. The first-order chi connectivity index (χ1) is 19.4. The summed E-state index contributed by atoms with van der Waals surface area (Å²) in [6.45, 7) is 2.67. The van der Waals surface area contributed by atoms with Crippen LogP contribution in [-0.2, 0) is 40.7 Å². The molecule has 1 N–H and O–H groups in total. The van der Waals surface area contributed by atoms with Gasteiger partial charge in [0.25, 0.3) is 5.91 Å². The average molecular weight is 555 g/mol. The molecule has 7 rings (SSSR count). The molecule has 0 bridgehead atoms. The van der Waals surface area contributed by atoms with Gasteiger partial charge in [0.05, 0.1) is 47.3 Å². The Labute approximate surface area is 233 Å². The lowest BCUT2D eigenvalue weighted by atomic mass is 9.93. The number of rotatable bonds is 5. The number of ether oxygens (including phenoxy) is 1. The van der Waals surface area contributed by atoms with Gasteiger partial charge < -0.3 is 10.1 Å². The van der Waals surface area contributed by atoms with Crippen molar-refractivity contribution in [3.05, 3.63) is 88.7 Å². The van der Waals surface area contributed by atoms with Crippen molar-refractivity contribution in [3.8, 4) is 11.3 Å². The number of hydrogen-bond donors (Lipinski definition) is 1. The predicted octanol–water partition coefficient (Wildman–Crippen LogP) is 4.05. The van der Waals surface area contributed by atoms with E-state index >= 15 is 0 Å². The maximum Gasteiger partial charge on any atom is 0.251 e. The molecule has 1 amide bonds. The van der Waals surface area contributed by atoms with Crippen molar-refractivity contribution in [2.24, 2.45) is 0 Å². The maximum absolute atomic E-state index is 12.9. The Morgan fingerprint density at radius 2 is 1.98 bits per heavy atom. The van der Waals surface area contributed by atoms with E-state index in [-0.39, 0.29) is 36.3 Å². The van der Waals surface area contributed by atoms with Crippen molar-refractivity contribution in [2.75, 3.05) is 18.9 Å². The van der Waals surface area contributed by atoms with Gasteiger partial charge in [0, 0.05) is 41.8 Å². The third-order valence-corrected chi connectivity index (χ3v) is 9.87. The number of nitrogens with one attached hydrogen (secondary N) is 1. The lowest BCUT2D eigenvalue weighted by Crippen LogP contribution is -2.32. The first-order valence-corrected chi connectivity index (χ1v) is 15.4. The number of aromatic nitrogens is 2. The zero-order chi connectivity index (χ0) is 27.3. The quantitative estimate of drug-likeness (QED) is 0.397. The molecule has 3 aliphatic rings. The molecule has 0 radical (unpaired) electrons. The molecule has 4 heterocycles. The Morgan fingerprint density at radius 1 is 1.07 bits per heavy atom. The predicted molar refractivity (Wildman–Crippen MR) is 151 cm³/mol. The highest BCUT2D eigenvalue weighted by molar-refractivity contribution is 7.91. The Hall–Kier alpha value is -3.66. The lowest BCUT2D eigenvalue weighted by molar-refractivity contribution is 0.0950. The molecule has 1 saturated carbocycles. The average Bonchev–Trinajstić information content (AvgIpc) is 3.84. The number of benzene rings is 2. The van der Waals surface area contributed by atoms with Crippen molar-refractivity contribution in [1.29, 1.82) is 0 Å². The monoisotopic (exact) mass is 554 g/mol. The number of pyridine rings is 2. The van der Waals surface area contributed by atoms with Crippen LogP contribution in [0.2, 0.25) is 0 Å². The van der Waals surface area contributed by atoms with Crippen molar-refractivity contribution in [3.63, 3.8) is 0 Å². The third kappa shape index (κ3) is 4.89. The molecule has 8 nitrogen and oxygen atoms in total. The largest absolute Gasteiger partial charge is 0.376 e. The zero-order valence-corrected chi connectivity index (χ0v) is 22.9. The van der Waals surface area contributed by atoms with Gasteiger partial charge in [0.15, 0.2) is 9.84 Å². The zero-order valence-electron chi connectivity index (χ0n) is 22.1. The van der Waals surface area contributed by atoms with Crippen LogP contribution in [0, 0.1) is 0 Å². The number of sulfone groups is 1. The van der Waals surface area contributed by atoms with E-state index in [9.17, 15) is 13.2 Å². The van der Waals surface area contributed by atoms with Gasteiger partial charge in [0.2, 0.25) is 0 Å². The van der Waals surface area contributed by atoms with Gasteiger partial charge in [-0.15, -0.1) is 0 Å². The molecule has 4 aromatic rings. The molecule has 2 aromatic heterocycles. The fourth-order valence-corrected chi connectivity index (χ4v) is 7.13. The van der Waals surface area contributed by atoms with Gasteiger partial charge in [-0.1, -0.05) is 24.3 Å². The van der Waals surface area contributed by atoms with Crippen LogP contribution in [0.15, 0.2) is 65.7 Å². The second-order valence-electron chi connectivity index (χ2n) is 10.8. The molecule has 0 spiro atoms. The van der Waals surface area contributed by atoms with Crippen molar-refractivity contribution in [1.82, 2.24) is 20.2 Å². The highest BCUT2D eigenvalue weighted by Crippen LogP contribution is 2.35. The van der Waals surface area contributed by atoms with Crippen LogP contribution in [-0.4, -0.2) is 54.1 Å². The van der Waals surface area contributed by atoms with E-state index < -0.39 is 9.84 Å². The van der Waals surface area contributed by atoms with E-state index in [4.69, 9.17) is 9.72 Å². The van der Waals surface area contributed by atoms with Gasteiger partial charge in [-0.25, -0.2) is 13.4 Å². The highest BCUT2D eigenvalue weighted by Gasteiger charge is 2.32. The SMILES string of the molecule is O=C(NCc1cc2nc(-c3cccc4c3CN(C3CC3)CC4)ccc2cn1)c1ccc2c(c1)S(=O)(=O)CCOC2. The summed E-state index contributed by atoms with van der Waals surface area (Å²) >= 11 is 0. The molecule has 9 heteroatoms. The molecule has 1 fully saturated rings. The van der Waals surface area contributed by atoms with Crippen LogP contribution < -0.4 is 5.32 Å². The third-order valence-electron chi connectivity index (χ3n) is 8.12. The van der Waals surface area contributed by atoms with E-state index in [1.807, 2.05) is 12.1 Å². The number of hydrogen-bond acceptors (Lipinski definition) is 7. The molecular weight excluding hydrogens is 524 g/mol. The van der Waals surface area contributed by atoms with E-state index in [1.165, 1.54) is 35.6 Å². The number of amides is 1. The fraction of sp³-hybridized carbons (Fsp3) is 0.323. The molecule has 0 unspecified atom stereocenters. The molecule has 2 aliphatic heterocycles. The summed E-state index contributed by atoms with van der Waals surface area (Å²) in [6.07, 6.45) is 5.46.